The first-order valence-corrected chi connectivity index (χ1v) is 9.63. The molecular formula is C22H23N3O5. The predicted octanol–water partition coefficient (Wildman–Crippen LogP) is 4.39. The number of anilines is 2. The number of rotatable bonds is 3. The number of allylic oxidation sites excluding steroid dienone is 1. The Morgan fingerprint density at radius 2 is 1.93 bits per heavy atom. The Morgan fingerprint density at radius 3 is 2.60 bits per heavy atom. The number of ether oxygens (including phenoxy) is 1. The van der Waals surface area contributed by atoms with Crippen molar-refractivity contribution in [2.75, 3.05) is 17.7 Å². The van der Waals surface area contributed by atoms with Crippen LogP contribution in [0, 0.1) is 21.4 Å². The first kappa shape index (κ1) is 19.8. The highest BCUT2D eigenvalue weighted by atomic mass is 16.6. The molecule has 0 spiro atoms. The van der Waals surface area contributed by atoms with Gasteiger partial charge in [-0.1, -0.05) is 32.1 Å². The van der Waals surface area contributed by atoms with Crippen molar-refractivity contribution in [1.82, 2.24) is 0 Å². The molecule has 0 bridgehead atoms. The fourth-order valence-electron chi connectivity index (χ4n) is 4.26. The van der Waals surface area contributed by atoms with Crippen LogP contribution in [0.25, 0.3) is 0 Å². The van der Waals surface area contributed by atoms with E-state index in [0.29, 0.717) is 12.0 Å². The van der Waals surface area contributed by atoms with E-state index in [-0.39, 0.29) is 16.9 Å². The second-order valence-corrected chi connectivity index (χ2v) is 8.35. The molecule has 2 aliphatic rings. The standard InChI is InChI=1S/C22H23N3O5/c1-22(2)10-15-19(17(26)11-22)20(24-14-7-5-4-6-13(14)23-15)12-8-16(25(28)29)21(27)18(9-12)30-3/h4-10,19-20,23-24,27H,11H2,1-3H3. The van der Waals surface area contributed by atoms with Gasteiger partial charge >= 0.3 is 5.69 Å². The number of hydrogen-bond acceptors (Lipinski definition) is 7. The number of phenolic OH excluding ortho intramolecular Hbond substituents is 1. The fraction of sp³-hybridized carbons (Fsp3) is 0.318. The lowest BCUT2D eigenvalue weighted by Crippen LogP contribution is -2.36. The molecule has 2 atom stereocenters. The molecule has 156 valence electrons. The van der Waals surface area contributed by atoms with Crippen molar-refractivity contribution in [2.45, 2.75) is 26.3 Å². The van der Waals surface area contributed by atoms with Crippen molar-refractivity contribution in [2.24, 2.45) is 11.3 Å². The number of nitro benzene ring substituents is 1. The van der Waals surface area contributed by atoms with Gasteiger partial charge < -0.3 is 20.5 Å². The number of nitrogens with zero attached hydrogens (tertiary/aromatic N) is 1. The van der Waals surface area contributed by atoms with Gasteiger partial charge in [-0.3, -0.25) is 14.9 Å². The maximum absolute atomic E-state index is 13.2. The average molecular weight is 409 g/mol. The number of nitro groups is 1. The number of carbonyl (C=O) groups is 1. The van der Waals surface area contributed by atoms with Crippen LogP contribution in [0.5, 0.6) is 11.5 Å². The Kier molecular flexibility index (Phi) is 4.64. The van der Waals surface area contributed by atoms with E-state index >= 15 is 0 Å². The monoisotopic (exact) mass is 409 g/mol. The number of para-hydroxylation sites is 2. The lowest BCUT2D eigenvalue weighted by molar-refractivity contribution is -0.386. The quantitative estimate of drug-likeness (QED) is 0.509. The van der Waals surface area contributed by atoms with Crippen LogP contribution in [0.1, 0.15) is 31.9 Å². The number of nitrogens with one attached hydrogen (secondary N) is 2. The van der Waals surface area contributed by atoms with Crippen molar-refractivity contribution in [3.8, 4) is 11.5 Å². The molecule has 0 saturated heterocycles. The number of ketones is 1. The maximum atomic E-state index is 13.2. The average Bonchev–Trinajstić information content (AvgIpc) is 2.83. The summed E-state index contributed by atoms with van der Waals surface area (Å²) in [6.07, 6.45) is 2.41. The molecule has 0 radical (unpaired) electrons. The second kappa shape index (κ2) is 7.05. The van der Waals surface area contributed by atoms with E-state index < -0.39 is 28.3 Å². The normalized spacial score (nSPS) is 21.8. The van der Waals surface area contributed by atoms with Crippen molar-refractivity contribution in [1.29, 1.82) is 0 Å². The number of Topliss-reactive ketones (excluding diaryl/α,β-unsaturated/α-hetero) is 1. The van der Waals surface area contributed by atoms with E-state index in [1.807, 2.05) is 38.1 Å². The summed E-state index contributed by atoms with van der Waals surface area (Å²) < 4.78 is 5.17. The smallest absolute Gasteiger partial charge is 0.315 e. The molecule has 1 aliphatic heterocycles. The van der Waals surface area contributed by atoms with Crippen molar-refractivity contribution < 1.29 is 19.6 Å². The highest BCUT2D eigenvalue weighted by molar-refractivity contribution is 5.90. The number of methoxy groups -OCH3 is 1. The molecule has 1 aliphatic carbocycles. The van der Waals surface area contributed by atoms with Crippen LogP contribution in [0.3, 0.4) is 0 Å². The summed E-state index contributed by atoms with van der Waals surface area (Å²) in [6.45, 7) is 4.01. The maximum Gasteiger partial charge on any atom is 0.315 e. The Morgan fingerprint density at radius 1 is 1.23 bits per heavy atom. The van der Waals surface area contributed by atoms with Crippen molar-refractivity contribution in [3.63, 3.8) is 0 Å². The molecule has 0 saturated carbocycles. The summed E-state index contributed by atoms with van der Waals surface area (Å²) >= 11 is 0. The largest absolute Gasteiger partial charge is 0.500 e. The summed E-state index contributed by atoms with van der Waals surface area (Å²) in [4.78, 5) is 24.1. The SMILES string of the molecule is COc1cc(C2Nc3ccccc3NC3=CC(C)(C)CC(=O)C32)cc([N+](=O)[O-])c1O. The van der Waals surface area contributed by atoms with Gasteiger partial charge in [0.2, 0.25) is 5.75 Å². The van der Waals surface area contributed by atoms with Crippen LogP contribution >= 0.6 is 0 Å². The molecule has 8 nitrogen and oxygen atoms in total. The van der Waals surface area contributed by atoms with Gasteiger partial charge in [-0.25, -0.2) is 0 Å². The van der Waals surface area contributed by atoms with E-state index in [0.717, 1.165) is 17.1 Å². The van der Waals surface area contributed by atoms with Crippen LogP contribution in [0.15, 0.2) is 48.2 Å². The fourth-order valence-corrected chi connectivity index (χ4v) is 4.26. The van der Waals surface area contributed by atoms with Crippen LogP contribution in [-0.4, -0.2) is 22.9 Å². The Hall–Kier alpha value is -3.55. The molecule has 3 N–H and O–H groups in total. The second-order valence-electron chi connectivity index (χ2n) is 8.35. The molecule has 2 aromatic rings. The van der Waals surface area contributed by atoms with Crippen LogP contribution in [0.2, 0.25) is 0 Å². The molecule has 30 heavy (non-hydrogen) atoms. The number of hydrogen-bond donors (Lipinski definition) is 3. The zero-order chi connectivity index (χ0) is 21.6. The van der Waals surface area contributed by atoms with Crippen LogP contribution in [-0.2, 0) is 4.79 Å². The van der Waals surface area contributed by atoms with E-state index in [4.69, 9.17) is 4.74 Å². The summed E-state index contributed by atoms with van der Waals surface area (Å²) in [5.41, 5.74) is 2.07. The molecule has 2 unspecified atom stereocenters. The molecule has 4 rings (SSSR count). The summed E-state index contributed by atoms with van der Waals surface area (Å²) in [5, 5.41) is 28.4. The van der Waals surface area contributed by atoms with Crippen LogP contribution in [0.4, 0.5) is 17.1 Å². The predicted molar refractivity (Wildman–Crippen MR) is 113 cm³/mol. The Bertz CT molecular complexity index is 1080. The molecule has 0 amide bonds. The molecular weight excluding hydrogens is 386 g/mol. The molecule has 0 aromatic heterocycles. The minimum absolute atomic E-state index is 0.0133. The highest BCUT2D eigenvalue weighted by Crippen LogP contribution is 2.47. The molecule has 0 fully saturated rings. The highest BCUT2D eigenvalue weighted by Gasteiger charge is 2.42. The number of phenols is 1. The first-order valence-electron chi connectivity index (χ1n) is 9.63. The molecule has 8 heteroatoms. The Balaban J connectivity index is 1.93. The van der Waals surface area contributed by atoms with Gasteiger partial charge in [0.25, 0.3) is 0 Å². The lowest BCUT2D eigenvalue weighted by atomic mass is 9.72. The molecule has 1 heterocycles. The van der Waals surface area contributed by atoms with Gasteiger partial charge in [0, 0.05) is 18.2 Å². The molecule has 2 aromatic carbocycles. The number of aromatic hydroxyl groups is 1. The Labute approximate surface area is 173 Å². The van der Waals surface area contributed by atoms with E-state index in [1.165, 1.54) is 13.2 Å². The lowest BCUT2D eigenvalue weighted by Gasteiger charge is -2.35. The van der Waals surface area contributed by atoms with Gasteiger partial charge in [0.05, 0.1) is 35.4 Å². The first-order chi connectivity index (χ1) is 14.2. The number of benzene rings is 2. The van der Waals surface area contributed by atoms with Gasteiger partial charge in [-0.05, 0) is 29.2 Å². The number of carbonyl (C=O) groups excluding carboxylic acids is 1. The third-order valence-electron chi connectivity index (χ3n) is 5.56. The van der Waals surface area contributed by atoms with E-state index in [1.54, 1.807) is 6.07 Å². The van der Waals surface area contributed by atoms with Gasteiger partial charge in [-0.15, -0.1) is 0 Å². The summed E-state index contributed by atoms with van der Waals surface area (Å²) in [5.74, 6) is -1.09. The minimum Gasteiger partial charge on any atom is -0.500 e. The van der Waals surface area contributed by atoms with Gasteiger partial charge in [-0.2, -0.15) is 0 Å². The zero-order valence-electron chi connectivity index (χ0n) is 16.9. The summed E-state index contributed by atoms with van der Waals surface area (Å²) in [7, 11) is 1.33. The minimum atomic E-state index is -0.660. The third-order valence-corrected chi connectivity index (χ3v) is 5.56. The van der Waals surface area contributed by atoms with Crippen molar-refractivity contribution >= 4 is 22.8 Å². The van der Waals surface area contributed by atoms with E-state index in [9.17, 15) is 20.0 Å². The van der Waals surface area contributed by atoms with Gasteiger partial charge in [0.15, 0.2) is 5.75 Å². The summed E-state index contributed by atoms with van der Waals surface area (Å²) in [6, 6.07) is 9.83. The third kappa shape index (κ3) is 3.34. The van der Waals surface area contributed by atoms with Gasteiger partial charge in [0.1, 0.15) is 5.78 Å². The van der Waals surface area contributed by atoms with E-state index in [2.05, 4.69) is 16.7 Å². The van der Waals surface area contributed by atoms with Crippen LogP contribution < -0.4 is 15.4 Å². The number of fused-ring (bicyclic) bond motifs is 2. The van der Waals surface area contributed by atoms with Crippen molar-refractivity contribution in [3.05, 3.63) is 63.8 Å². The zero-order valence-corrected chi connectivity index (χ0v) is 16.9. The topological polar surface area (TPSA) is 114 Å².